The third-order valence-electron chi connectivity index (χ3n) is 2.50. The van der Waals surface area contributed by atoms with E-state index in [0.29, 0.717) is 0 Å². The second-order valence-corrected chi connectivity index (χ2v) is 5.60. The Bertz CT molecular complexity index is 245. The maximum atomic E-state index is 11.5. The monoisotopic (exact) mass is 243 g/mol. The molecule has 0 aromatic rings. The van der Waals surface area contributed by atoms with Crippen molar-refractivity contribution in [1.82, 2.24) is 15.5 Å². The van der Waals surface area contributed by atoms with E-state index in [1.54, 1.807) is 0 Å². The largest absolute Gasteiger partial charge is 0.444 e. The zero-order chi connectivity index (χ0) is 12.9. The average Bonchev–Trinajstić information content (AvgIpc) is 2.15. The Morgan fingerprint density at radius 1 is 1.41 bits per heavy atom. The summed E-state index contributed by atoms with van der Waals surface area (Å²) in [5.41, 5.74) is -0.432. The Labute approximate surface area is 104 Å². The van der Waals surface area contributed by atoms with Gasteiger partial charge < -0.3 is 15.4 Å². The van der Waals surface area contributed by atoms with Gasteiger partial charge in [-0.15, -0.1) is 0 Å². The lowest BCUT2D eigenvalue weighted by Crippen LogP contribution is -2.49. The molecule has 2 N–H and O–H groups in total. The Balaban J connectivity index is 2.23. The van der Waals surface area contributed by atoms with Crippen LogP contribution in [0.5, 0.6) is 0 Å². The fraction of sp³-hybridized carbons (Fsp3) is 0.917. The first-order chi connectivity index (χ1) is 7.87. The van der Waals surface area contributed by atoms with Gasteiger partial charge in [0.1, 0.15) is 5.60 Å². The Morgan fingerprint density at radius 3 is 2.53 bits per heavy atom. The predicted octanol–water partition coefficient (Wildman–Crippen LogP) is 0.805. The first kappa shape index (κ1) is 14.3. The van der Waals surface area contributed by atoms with Crippen LogP contribution in [0.1, 0.15) is 27.7 Å². The van der Waals surface area contributed by atoms with E-state index >= 15 is 0 Å². The molecular weight excluding hydrogens is 218 g/mol. The summed E-state index contributed by atoms with van der Waals surface area (Å²) in [6, 6.07) is 0.114. The summed E-state index contributed by atoms with van der Waals surface area (Å²) < 4.78 is 5.22. The van der Waals surface area contributed by atoms with Crippen LogP contribution < -0.4 is 10.6 Å². The number of hydrogen-bond acceptors (Lipinski definition) is 4. The molecule has 0 radical (unpaired) electrons. The molecule has 1 amide bonds. The summed E-state index contributed by atoms with van der Waals surface area (Å²) in [6.45, 7) is 12.6. The van der Waals surface area contributed by atoms with Crippen LogP contribution in [0.25, 0.3) is 0 Å². The SMILES string of the molecule is C[C@H](CN1CCNCC1)NC(=O)OC(C)(C)C. The highest BCUT2D eigenvalue weighted by molar-refractivity contribution is 5.68. The summed E-state index contributed by atoms with van der Waals surface area (Å²) in [5, 5.41) is 6.17. The number of carbonyl (C=O) groups is 1. The van der Waals surface area contributed by atoms with Gasteiger partial charge >= 0.3 is 6.09 Å². The molecule has 0 aromatic carbocycles. The number of carbonyl (C=O) groups excluding carboxylic acids is 1. The fourth-order valence-corrected chi connectivity index (χ4v) is 1.84. The molecule has 1 fully saturated rings. The number of ether oxygens (including phenoxy) is 1. The maximum Gasteiger partial charge on any atom is 0.407 e. The van der Waals surface area contributed by atoms with Crippen molar-refractivity contribution in [3.8, 4) is 0 Å². The van der Waals surface area contributed by atoms with Crippen molar-refractivity contribution >= 4 is 6.09 Å². The van der Waals surface area contributed by atoms with Crippen molar-refractivity contribution in [2.45, 2.75) is 39.3 Å². The van der Waals surface area contributed by atoms with E-state index in [1.807, 2.05) is 27.7 Å². The maximum absolute atomic E-state index is 11.5. The summed E-state index contributed by atoms with van der Waals surface area (Å²) in [6.07, 6.45) is -0.333. The van der Waals surface area contributed by atoms with Gasteiger partial charge in [-0.3, -0.25) is 4.90 Å². The van der Waals surface area contributed by atoms with E-state index in [-0.39, 0.29) is 12.1 Å². The molecule has 0 aliphatic carbocycles. The van der Waals surface area contributed by atoms with Gasteiger partial charge in [-0.1, -0.05) is 0 Å². The predicted molar refractivity (Wildman–Crippen MR) is 68.1 cm³/mol. The molecule has 17 heavy (non-hydrogen) atoms. The first-order valence-electron chi connectivity index (χ1n) is 6.29. The van der Waals surface area contributed by atoms with Crippen molar-refractivity contribution in [1.29, 1.82) is 0 Å². The summed E-state index contributed by atoms with van der Waals surface area (Å²) in [4.78, 5) is 13.9. The number of amides is 1. The number of hydrogen-bond donors (Lipinski definition) is 2. The Hall–Kier alpha value is -0.810. The molecule has 1 atom stereocenters. The second-order valence-electron chi connectivity index (χ2n) is 5.60. The molecule has 1 heterocycles. The fourth-order valence-electron chi connectivity index (χ4n) is 1.84. The smallest absolute Gasteiger partial charge is 0.407 e. The molecular formula is C12H25N3O2. The normalized spacial score (nSPS) is 19.8. The topological polar surface area (TPSA) is 53.6 Å². The molecule has 5 nitrogen and oxygen atoms in total. The van der Waals surface area contributed by atoms with Crippen LogP contribution in [0.2, 0.25) is 0 Å². The van der Waals surface area contributed by atoms with Crippen molar-refractivity contribution < 1.29 is 9.53 Å². The lowest BCUT2D eigenvalue weighted by atomic mass is 10.2. The van der Waals surface area contributed by atoms with Crippen LogP contribution in [0.3, 0.4) is 0 Å². The van der Waals surface area contributed by atoms with Crippen LogP contribution in [0.15, 0.2) is 0 Å². The minimum absolute atomic E-state index is 0.114. The zero-order valence-electron chi connectivity index (χ0n) is 11.4. The standard InChI is InChI=1S/C12H25N3O2/c1-10(9-15-7-5-13-6-8-15)14-11(16)17-12(2,3)4/h10,13H,5-9H2,1-4H3,(H,14,16)/t10-/m1/s1. The lowest BCUT2D eigenvalue weighted by Gasteiger charge is -2.30. The third-order valence-corrected chi connectivity index (χ3v) is 2.50. The van der Waals surface area contributed by atoms with E-state index in [2.05, 4.69) is 15.5 Å². The molecule has 100 valence electrons. The molecule has 0 aromatic heterocycles. The van der Waals surface area contributed by atoms with Crippen LogP contribution in [-0.4, -0.2) is 55.4 Å². The second kappa shape index (κ2) is 6.21. The van der Waals surface area contributed by atoms with E-state index < -0.39 is 5.60 Å². The Morgan fingerprint density at radius 2 is 2.00 bits per heavy atom. The number of rotatable bonds is 3. The van der Waals surface area contributed by atoms with Gasteiger partial charge in [0.25, 0.3) is 0 Å². The van der Waals surface area contributed by atoms with Gasteiger partial charge in [-0.05, 0) is 27.7 Å². The van der Waals surface area contributed by atoms with Crippen LogP contribution in [-0.2, 0) is 4.74 Å². The van der Waals surface area contributed by atoms with E-state index in [4.69, 9.17) is 4.74 Å². The first-order valence-corrected chi connectivity index (χ1v) is 6.29. The molecule has 0 unspecified atom stereocenters. The summed E-state index contributed by atoms with van der Waals surface area (Å²) in [7, 11) is 0. The molecule has 0 spiro atoms. The number of alkyl carbamates (subject to hydrolysis) is 1. The molecule has 1 saturated heterocycles. The van der Waals surface area contributed by atoms with E-state index in [9.17, 15) is 4.79 Å². The highest BCUT2D eigenvalue weighted by atomic mass is 16.6. The average molecular weight is 243 g/mol. The van der Waals surface area contributed by atoms with Gasteiger partial charge in [0, 0.05) is 38.8 Å². The zero-order valence-corrected chi connectivity index (χ0v) is 11.4. The van der Waals surface area contributed by atoms with Crippen molar-refractivity contribution in [2.24, 2.45) is 0 Å². The molecule has 5 heteroatoms. The molecule has 1 aliphatic heterocycles. The van der Waals surface area contributed by atoms with E-state index in [1.165, 1.54) is 0 Å². The highest BCUT2D eigenvalue weighted by Crippen LogP contribution is 2.06. The van der Waals surface area contributed by atoms with Crippen molar-refractivity contribution in [2.75, 3.05) is 32.7 Å². The number of piperazine rings is 1. The third kappa shape index (κ3) is 6.48. The summed E-state index contributed by atoms with van der Waals surface area (Å²) >= 11 is 0. The van der Waals surface area contributed by atoms with Gasteiger partial charge in [0.15, 0.2) is 0 Å². The van der Waals surface area contributed by atoms with Gasteiger partial charge in [0.05, 0.1) is 0 Å². The van der Waals surface area contributed by atoms with Gasteiger partial charge in [-0.2, -0.15) is 0 Å². The van der Waals surface area contributed by atoms with Crippen LogP contribution in [0.4, 0.5) is 4.79 Å². The Kier molecular flexibility index (Phi) is 5.21. The number of nitrogens with one attached hydrogen (secondary N) is 2. The van der Waals surface area contributed by atoms with E-state index in [0.717, 1.165) is 32.7 Å². The van der Waals surface area contributed by atoms with Gasteiger partial charge in [-0.25, -0.2) is 4.79 Å². The molecule has 0 saturated carbocycles. The van der Waals surface area contributed by atoms with Crippen LogP contribution >= 0.6 is 0 Å². The van der Waals surface area contributed by atoms with Crippen LogP contribution in [0, 0.1) is 0 Å². The number of nitrogens with zero attached hydrogens (tertiary/aromatic N) is 1. The minimum atomic E-state index is -0.432. The molecule has 0 bridgehead atoms. The molecule has 1 aliphatic rings. The van der Waals surface area contributed by atoms with Gasteiger partial charge in [0.2, 0.25) is 0 Å². The lowest BCUT2D eigenvalue weighted by molar-refractivity contribution is 0.0495. The highest BCUT2D eigenvalue weighted by Gasteiger charge is 2.19. The quantitative estimate of drug-likeness (QED) is 0.770. The summed E-state index contributed by atoms with van der Waals surface area (Å²) in [5.74, 6) is 0. The minimum Gasteiger partial charge on any atom is -0.444 e. The molecule has 1 rings (SSSR count). The van der Waals surface area contributed by atoms with Crippen molar-refractivity contribution in [3.63, 3.8) is 0 Å². The van der Waals surface area contributed by atoms with Crippen molar-refractivity contribution in [3.05, 3.63) is 0 Å².